The van der Waals surface area contributed by atoms with Crippen molar-refractivity contribution >= 4 is 11.6 Å². The Morgan fingerprint density at radius 1 is 1.47 bits per heavy atom. The highest BCUT2D eigenvalue weighted by Gasteiger charge is 2.53. The number of amides is 1. The van der Waals surface area contributed by atoms with Crippen LogP contribution in [0.1, 0.15) is 23.2 Å². The second-order valence-corrected chi connectivity index (χ2v) is 5.46. The van der Waals surface area contributed by atoms with Gasteiger partial charge in [0.2, 0.25) is 0 Å². The molecule has 2 fully saturated rings. The number of likely N-dealkylation sites (tertiary alicyclic amines) is 1. The summed E-state index contributed by atoms with van der Waals surface area (Å²) in [7, 11) is 1.52. The minimum absolute atomic E-state index is 0.137. The van der Waals surface area contributed by atoms with Crippen molar-refractivity contribution in [1.29, 1.82) is 0 Å². The molecule has 1 amide bonds. The number of β-amino-alcohol motifs (C(OH)–C–C–N with tert-alkyl or cyclic N) is 1. The van der Waals surface area contributed by atoms with Crippen molar-refractivity contribution in [2.24, 2.45) is 5.92 Å². The zero-order valence-electron chi connectivity index (χ0n) is 10.9. The fourth-order valence-corrected chi connectivity index (χ4v) is 2.72. The molecule has 3 N–H and O–H groups in total. The van der Waals surface area contributed by atoms with Crippen LogP contribution in [-0.4, -0.2) is 41.7 Å². The van der Waals surface area contributed by atoms with Crippen molar-refractivity contribution in [2.75, 3.05) is 25.9 Å². The van der Waals surface area contributed by atoms with E-state index in [1.54, 1.807) is 23.1 Å². The summed E-state index contributed by atoms with van der Waals surface area (Å²) < 4.78 is 5.11. The van der Waals surface area contributed by atoms with Crippen LogP contribution in [0.15, 0.2) is 18.2 Å². The van der Waals surface area contributed by atoms with Gasteiger partial charge in [-0.25, -0.2) is 0 Å². The number of carbonyl (C=O) groups is 1. The Balaban J connectivity index is 1.75. The van der Waals surface area contributed by atoms with Crippen molar-refractivity contribution in [3.05, 3.63) is 23.8 Å². The smallest absolute Gasteiger partial charge is 0.256 e. The Kier molecular flexibility index (Phi) is 2.67. The van der Waals surface area contributed by atoms with Crippen LogP contribution in [0, 0.1) is 5.92 Å². The van der Waals surface area contributed by atoms with Crippen LogP contribution in [0.5, 0.6) is 5.75 Å². The number of nitrogens with two attached hydrogens (primary N) is 1. The maximum atomic E-state index is 12.3. The first-order valence-electron chi connectivity index (χ1n) is 6.49. The van der Waals surface area contributed by atoms with Gasteiger partial charge >= 0.3 is 0 Å². The van der Waals surface area contributed by atoms with E-state index in [2.05, 4.69) is 0 Å². The van der Waals surface area contributed by atoms with Crippen LogP contribution in [0.2, 0.25) is 0 Å². The minimum Gasteiger partial charge on any atom is -0.495 e. The first-order valence-corrected chi connectivity index (χ1v) is 6.49. The number of ether oxygens (including phenoxy) is 1. The monoisotopic (exact) mass is 262 g/mol. The number of hydrogen-bond donors (Lipinski definition) is 2. The summed E-state index contributed by atoms with van der Waals surface area (Å²) >= 11 is 0. The molecule has 1 aromatic rings. The van der Waals surface area contributed by atoms with E-state index in [-0.39, 0.29) is 5.91 Å². The molecule has 1 saturated carbocycles. The van der Waals surface area contributed by atoms with Gasteiger partial charge in [-0.15, -0.1) is 0 Å². The number of carbonyl (C=O) groups excluding carboxylic acids is 1. The first-order chi connectivity index (χ1) is 9.05. The normalized spacial score (nSPS) is 20.8. The highest BCUT2D eigenvalue weighted by Crippen LogP contribution is 2.45. The molecule has 0 bridgehead atoms. The van der Waals surface area contributed by atoms with Gasteiger partial charge in [-0.1, -0.05) is 6.07 Å². The van der Waals surface area contributed by atoms with Gasteiger partial charge in [0.1, 0.15) is 11.4 Å². The summed E-state index contributed by atoms with van der Waals surface area (Å²) in [5.41, 5.74) is 6.05. The topological polar surface area (TPSA) is 75.8 Å². The molecule has 1 heterocycles. The lowest BCUT2D eigenvalue weighted by molar-refractivity contribution is -0.0957. The third-order valence-electron chi connectivity index (χ3n) is 4.07. The van der Waals surface area contributed by atoms with Crippen LogP contribution >= 0.6 is 0 Å². The lowest BCUT2D eigenvalue weighted by Crippen LogP contribution is -2.64. The molecule has 19 heavy (non-hydrogen) atoms. The number of anilines is 1. The van der Waals surface area contributed by atoms with E-state index in [0.29, 0.717) is 36.0 Å². The standard InChI is InChI=1S/C14H18N2O3/c1-19-11-4-2-3-10(12(11)15)13(17)16-7-14(18,8-16)9-5-6-9/h2-4,9,18H,5-8,15H2,1H3. The van der Waals surface area contributed by atoms with Gasteiger partial charge in [-0.05, 0) is 30.9 Å². The molecule has 1 aliphatic heterocycles. The Bertz CT molecular complexity index is 519. The van der Waals surface area contributed by atoms with E-state index in [0.717, 1.165) is 12.8 Å². The van der Waals surface area contributed by atoms with Crippen LogP contribution in [0.3, 0.4) is 0 Å². The lowest BCUT2D eigenvalue weighted by Gasteiger charge is -2.47. The predicted molar refractivity (Wildman–Crippen MR) is 71.0 cm³/mol. The summed E-state index contributed by atoms with van der Waals surface area (Å²) in [6.45, 7) is 0.820. The number of aliphatic hydroxyl groups is 1. The largest absolute Gasteiger partial charge is 0.495 e. The van der Waals surface area contributed by atoms with Crippen LogP contribution in [0.25, 0.3) is 0 Å². The molecule has 102 valence electrons. The van der Waals surface area contributed by atoms with Gasteiger partial charge in [-0.2, -0.15) is 0 Å². The number of benzene rings is 1. The average Bonchev–Trinajstić information content (AvgIpc) is 3.19. The molecule has 2 aliphatic rings. The highest BCUT2D eigenvalue weighted by atomic mass is 16.5. The van der Waals surface area contributed by atoms with E-state index in [1.165, 1.54) is 7.11 Å². The van der Waals surface area contributed by atoms with Gasteiger partial charge in [-0.3, -0.25) is 4.79 Å². The maximum Gasteiger partial charge on any atom is 0.256 e. The van der Waals surface area contributed by atoms with Crippen molar-refractivity contribution in [3.63, 3.8) is 0 Å². The summed E-state index contributed by atoms with van der Waals surface area (Å²) in [4.78, 5) is 14.0. The number of rotatable bonds is 3. The number of methoxy groups -OCH3 is 1. The van der Waals surface area contributed by atoms with E-state index >= 15 is 0 Å². The van der Waals surface area contributed by atoms with Crippen LogP contribution in [0.4, 0.5) is 5.69 Å². The molecule has 3 rings (SSSR count). The molecular formula is C14H18N2O3. The van der Waals surface area contributed by atoms with E-state index in [1.807, 2.05) is 0 Å². The molecule has 5 heteroatoms. The van der Waals surface area contributed by atoms with Gasteiger partial charge < -0.3 is 20.5 Å². The molecule has 0 unspecified atom stereocenters. The zero-order valence-corrected chi connectivity index (χ0v) is 10.9. The second-order valence-electron chi connectivity index (χ2n) is 5.46. The first kappa shape index (κ1) is 12.3. The summed E-state index contributed by atoms with van der Waals surface area (Å²) in [6, 6.07) is 5.16. The maximum absolute atomic E-state index is 12.3. The Hall–Kier alpha value is -1.75. The molecule has 1 saturated heterocycles. The third-order valence-corrected chi connectivity index (χ3v) is 4.07. The quantitative estimate of drug-likeness (QED) is 0.793. The van der Waals surface area contributed by atoms with Crippen molar-refractivity contribution < 1.29 is 14.6 Å². The third kappa shape index (κ3) is 1.94. The molecule has 0 spiro atoms. The molecule has 0 atom stereocenters. The fourth-order valence-electron chi connectivity index (χ4n) is 2.72. The van der Waals surface area contributed by atoms with Gasteiger partial charge in [0.05, 0.1) is 31.5 Å². The molecular weight excluding hydrogens is 244 g/mol. The number of hydrogen-bond acceptors (Lipinski definition) is 4. The highest BCUT2D eigenvalue weighted by molar-refractivity contribution is 6.00. The minimum atomic E-state index is -0.663. The fraction of sp³-hybridized carbons (Fsp3) is 0.500. The van der Waals surface area contributed by atoms with Crippen molar-refractivity contribution in [1.82, 2.24) is 4.90 Å². The van der Waals surface area contributed by atoms with Gasteiger partial charge in [0.15, 0.2) is 0 Å². The Morgan fingerprint density at radius 3 is 2.74 bits per heavy atom. The summed E-state index contributed by atoms with van der Waals surface area (Å²) in [6.07, 6.45) is 2.14. The summed E-state index contributed by atoms with van der Waals surface area (Å²) in [5.74, 6) is 0.741. The Morgan fingerprint density at radius 2 is 2.16 bits per heavy atom. The molecule has 0 aromatic heterocycles. The van der Waals surface area contributed by atoms with Crippen LogP contribution < -0.4 is 10.5 Å². The number of para-hydroxylation sites is 1. The van der Waals surface area contributed by atoms with E-state index in [4.69, 9.17) is 10.5 Å². The SMILES string of the molecule is COc1cccc(C(=O)N2CC(O)(C3CC3)C2)c1N. The van der Waals surface area contributed by atoms with Crippen molar-refractivity contribution in [2.45, 2.75) is 18.4 Å². The average molecular weight is 262 g/mol. The molecule has 1 aromatic carbocycles. The van der Waals surface area contributed by atoms with E-state index < -0.39 is 5.60 Å². The number of nitrogen functional groups attached to an aromatic ring is 1. The Labute approximate surface area is 112 Å². The van der Waals surface area contributed by atoms with Gasteiger partial charge in [0, 0.05) is 0 Å². The molecule has 0 radical (unpaired) electrons. The van der Waals surface area contributed by atoms with E-state index in [9.17, 15) is 9.90 Å². The lowest BCUT2D eigenvalue weighted by atomic mass is 9.88. The zero-order chi connectivity index (χ0) is 13.6. The predicted octanol–water partition coefficient (Wildman–Crippen LogP) is 0.874. The van der Waals surface area contributed by atoms with Crippen LogP contribution in [-0.2, 0) is 0 Å². The second kappa shape index (κ2) is 4.13. The molecule has 5 nitrogen and oxygen atoms in total. The summed E-state index contributed by atoms with van der Waals surface area (Å²) in [5, 5.41) is 10.2. The number of nitrogens with zero attached hydrogens (tertiary/aromatic N) is 1. The molecule has 1 aliphatic carbocycles. The van der Waals surface area contributed by atoms with Crippen molar-refractivity contribution in [3.8, 4) is 5.75 Å². The van der Waals surface area contributed by atoms with Gasteiger partial charge in [0.25, 0.3) is 5.91 Å².